The minimum Gasteiger partial charge on any atom is -0.490 e. The summed E-state index contributed by atoms with van der Waals surface area (Å²) in [5.41, 5.74) is 5.47. The lowest BCUT2D eigenvalue weighted by Crippen LogP contribution is -2.16. The zero-order chi connectivity index (χ0) is 23.2. The van der Waals surface area contributed by atoms with Gasteiger partial charge in [0.05, 0.1) is 18.2 Å². The summed E-state index contributed by atoms with van der Waals surface area (Å²) in [6, 6.07) is 19.9. The molecule has 6 nitrogen and oxygen atoms in total. The molecule has 0 atom stereocenters. The van der Waals surface area contributed by atoms with Crippen molar-refractivity contribution in [3.63, 3.8) is 0 Å². The molecule has 4 rings (SSSR count). The third kappa shape index (κ3) is 5.35. The summed E-state index contributed by atoms with van der Waals surface area (Å²) < 4.78 is 27.8. The fraction of sp³-hybridized carbons (Fsp3) is 0.167. The van der Waals surface area contributed by atoms with Crippen molar-refractivity contribution in [2.75, 3.05) is 12.0 Å². The summed E-state index contributed by atoms with van der Waals surface area (Å²) >= 11 is 11.5. The van der Waals surface area contributed by atoms with Crippen LogP contribution < -0.4 is 14.9 Å². The third-order valence-electron chi connectivity index (χ3n) is 4.89. The van der Waals surface area contributed by atoms with E-state index >= 15 is 0 Å². The Morgan fingerprint density at radius 1 is 1.06 bits per heavy atom. The molecule has 0 radical (unpaired) electrons. The van der Waals surface area contributed by atoms with Gasteiger partial charge < -0.3 is 14.9 Å². The summed E-state index contributed by atoms with van der Waals surface area (Å²) in [7, 11) is 0. The topological polar surface area (TPSA) is 64.1 Å². The number of halogens is 2. The number of aromatic nitrogens is 3. The third-order valence-corrected chi connectivity index (χ3v) is 5.52. The van der Waals surface area contributed by atoms with Gasteiger partial charge in [-0.05, 0) is 49.0 Å². The van der Waals surface area contributed by atoms with E-state index < -0.39 is 5.82 Å². The van der Waals surface area contributed by atoms with Gasteiger partial charge in [0.25, 0.3) is 0 Å². The first-order valence-corrected chi connectivity index (χ1v) is 11.1. The second-order valence-electron chi connectivity index (χ2n) is 7.09. The number of rotatable bonds is 9. The largest absolute Gasteiger partial charge is 0.490 e. The summed E-state index contributed by atoms with van der Waals surface area (Å²) in [6.45, 7) is 2.80. The standard InChI is InChI=1S/C24H22ClFN4O2S/c1-2-31-22-13-16(11-12-21(22)32-15-18-19(25)9-6-10-20(18)26)14-27-30-23(28-29-24(30)33)17-7-4-3-5-8-17/h3-13,27H,2,14-15H2,1H3,(H,29,33). The van der Waals surface area contributed by atoms with Crippen LogP contribution in [0.2, 0.25) is 5.02 Å². The average molecular weight is 485 g/mol. The van der Waals surface area contributed by atoms with Gasteiger partial charge in [0.1, 0.15) is 12.4 Å². The molecule has 0 aliphatic carbocycles. The van der Waals surface area contributed by atoms with Crippen molar-refractivity contribution in [1.29, 1.82) is 0 Å². The molecule has 1 aromatic heterocycles. The number of hydrogen-bond donors (Lipinski definition) is 2. The van der Waals surface area contributed by atoms with Crippen LogP contribution in [0, 0.1) is 10.6 Å². The van der Waals surface area contributed by atoms with Crippen LogP contribution in [0.15, 0.2) is 66.7 Å². The molecule has 0 saturated carbocycles. The van der Waals surface area contributed by atoms with Crippen LogP contribution in [0.3, 0.4) is 0 Å². The predicted octanol–water partition coefficient (Wildman–Crippen LogP) is 6.12. The number of benzene rings is 3. The summed E-state index contributed by atoms with van der Waals surface area (Å²) in [5.74, 6) is 1.34. The van der Waals surface area contributed by atoms with Gasteiger partial charge >= 0.3 is 0 Å². The van der Waals surface area contributed by atoms with Gasteiger partial charge in [-0.2, -0.15) is 5.10 Å². The van der Waals surface area contributed by atoms with Crippen molar-refractivity contribution < 1.29 is 13.9 Å². The molecule has 2 N–H and O–H groups in total. The van der Waals surface area contributed by atoms with Crippen molar-refractivity contribution in [3.05, 3.63) is 93.5 Å². The number of aromatic amines is 1. The van der Waals surface area contributed by atoms with Crippen LogP contribution in [-0.4, -0.2) is 21.5 Å². The van der Waals surface area contributed by atoms with Gasteiger partial charge in [-0.1, -0.05) is 54.1 Å². The van der Waals surface area contributed by atoms with E-state index in [0.29, 0.717) is 45.8 Å². The summed E-state index contributed by atoms with van der Waals surface area (Å²) in [6.07, 6.45) is 0. The maximum absolute atomic E-state index is 14.1. The molecule has 9 heteroatoms. The highest BCUT2D eigenvalue weighted by atomic mass is 35.5. The Morgan fingerprint density at radius 2 is 1.88 bits per heavy atom. The molecule has 0 spiro atoms. The molecule has 1 heterocycles. The van der Waals surface area contributed by atoms with Gasteiger partial charge in [-0.15, -0.1) is 0 Å². The Morgan fingerprint density at radius 3 is 2.64 bits per heavy atom. The van der Waals surface area contributed by atoms with E-state index in [1.165, 1.54) is 6.07 Å². The van der Waals surface area contributed by atoms with Crippen molar-refractivity contribution in [3.8, 4) is 22.9 Å². The molecule has 0 fully saturated rings. The number of nitrogens with zero attached hydrogens (tertiary/aromatic N) is 2. The zero-order valence-electron chi connectivity index (χ0n) is 17.8. The first-order valence-electron chi connectivity index (χ1n) is 10.3. The summed E-state index contributed by atoms with van der Waals surface area (Å²) in [5, 5.41) is 7.46. The Kier molecular flexibility index (Phi) is 7.26. The van der Waals surface area contributed by atoms with Crippen LogP contribution in [0.4, 0.5) is 4.39 Å². The monoisotopic (exact) mass is 484 g/mol. The second-order valence-corrected chi connectivity index (χ2v) is 7.89. The lowest BCUT2D eigenvalue weighted by Gasteiger charge is -2.15. The molecule has 0 unspecified atom stereocenters. The minimum atomic E-state index is -0.410. The quantitative estimate of drug-likeness (QED) is 0.280. The van der Waals surface area contributed by atoms with E-state index in [4.69, 9.17) is 33.3 Å². The van der Waals surface area contributed by atoms with Crippen LogP contribution >= 0.6 is 23.8 Å². The molecule has 0 bridgehead atoms. The van der Waals surface area contributed by atoms with Gasteiger partial charge in [0.2, 0.25) is 4.77 Å². The molecule has 33 heavy (non-hydrogen) atoms. The van der Waals surface area contributed by atoms with E-state index in [1.807, 2.05) is 49.4 Å². The van der Waals surface area contributed by atoms with Crippen molar-refractivity contribution in [1.82, 2.24) is 14.9 Å². The first-order chi connectivity index (χ1) is 16.1. The van der Waals surface area contributed by atoms with Crippen LogP contribution in [-0.2, 0) is 13.2 Å². The Bertz CT molecular complexity index is 1270. The first kappa shape index (κ1) is 22.8. The molecule has 0 aliphatic heterocycles. The van der Waals surface area contributed by atoms with E-state index in [-0.39, 0.29) is 6.61 Å². The van der Waals surface area contributed by atoms with Crippen LogP contribution in [0.5, 0.6) is 11.5 Å². The lowest BCUT2D eigenvalue weighted by molar-refractivity contribution is 0.265. The fourth-order valence-electron chi connectivity index (χ4n) is 3.26. The zero-order valence-corrected chi connectivity index (χ0v) is 19.4. The van der Waals surface area contributed by atoms with Gasteiger partial charge in [-0.25, -0.2) is 14.2 Å². The molecular formula is C24H22ClFN4O2S. The molecular weight excluding hydrogens is 463 g/mol. The van der Waals surface area contributed by atoms with E-state index in [1.54, 1.807) is 22.9 Å². The van der Waals surface area contributed by atoms with E-state index in [9.17, 15) is 4.39 Å². The number of nitrogens with one attached hydrogen (secondary N) is 2. The number of H-pyrrole nitrogens is 1. The van der Waals surface area contributed by atoms with Crippen LogP contribution in [0.1, 0.15) is 18.1 Å². The van der Waals surface area contributed by atoms with E-state index in [0.717, 1.165) is 11.1 Å². The molecule has 170 valence electrons. The van der Waals surface area contributed by atoms with Crippen LogP contribution in [0.25, 0.3) is 11.4 Å². The second kappa shape index (κ2) is 10.5. The lowest BCUT2D eigenvalue weighted by atomic mass is 10.2. The molecule has 3 aromatic carbocycles. The summed E-state index contributed by atoms with van der Waals surface area (Å²) in [4.78, 5) is 0. The molecule has 0 aliphatic rings. The van der Waals surface area contributed by atoms with Crippen molar-refractivity contribution in [2.45, 2.75) is 20.1 Å². The molecule has 4 aromatic rings. The maximum Gasteiger partial charge on any atom is 0.214 e. The Hall–Kier alpha value is -3.36. The Labute approximate surface area is 200 Å². The smallest absolute Gasteiger partial charge is 0.214 e. The Balaban J connectivity index is 1.51. The predicted molar refractivity (Wildman–Crippen MR) is 129 cm³/mol. The SMILES string of the molecule is CCOc1cc(CNn2c(-c3ccccc3)n[nH]c2=S)ccc1OCc1c(F)cccc1Cl. The number of hydrogen-bond acceptors (Lipinski definition) is 5. The highest BCUT2D eigenvalue weighted by Crippen LogP contribution is 2.31. The minimum absolute atomic E-state index is 0.00616. The van der Waals surface area contributed by atoms with Crippen molar-refractivity contribution in [2.24, 2.45) is 0 Å². The maximum atomic E-state index is 14.1. The fourth-order valence-corrected chi connectivity index (χ4v) is 3.68. The van der Waals surface area contributed by atoms with Gasteiger partial charge in [0, 0.05) is 11.1 Å². The van der Waals surface area contributed by atoms with E-state index in [2.05, 4.69) is 15.6 Å². The van der Waals surface area contributed by atoms with Crippen molar-refractivity contribution >= 4 is 23.8 Å². The van der Waals surface area contributed by atoms with Gasteiger partial charge in [-0.3, -0.25) is 0 Å². The number of ether oxygens (including phenoxy) is 2. The molecule has 0 amide bonds. The molecule has 0 saturated heterocycles. The highest BCUT2D eigenvalue weighted by molar-refractivity contribution is 7.71. The normalized spacial score (nSPS) is 10.8. The average Bonchev–Trinajstić information content (AvgIpc) is 3.19. The highest BCUT2D eigenvalue weighted by Gasteiger charge is 2.12. The van der Waals surface area contributed by atoms with Gasteiger partial charge in [0.15, 0.2) is 17.3 Å².